The van der Waals surface area contributed by atoms with E-state index in [1.807, 2.05) is 56.3 Å². The Morgan fingerprint density at radius 3 is 2.09 bits per heavy atom. The number of rotatable bonds is 5. The molecule has 4 rings (SSSR count). The normalized spacial score (nSPS) is 11.3. The highest BCUT2D eigenvalue weighted by Gasteiger charge is 2.12. The summed E-state index contributed by atoms with van der Waals surface area (Å²) in [5.74, 6) is 0. The van der Waals surface area contributed by atoms with E-state index in [1.165, 1.54) is 12.1 Å². The van der Waals surface area contributed by atoms with Gasteiger partial charge in [-0.05, 0) is 84.6 Å². The number of nitrogens with zero attached hydrogens (tertiary/aromatic N) is 3. The van der Waals surface area contributed by atoms with Gasteiger partial charge in [-0.25, -0.2) is 0 Å². The molecule has 0 fully saturated rings. The molecular formula is C27H20ClN3O2. The number of aryl methyl sites for hydroxylation is 1. The highest BCUT2D eigenvalue weighted by Crippen LogP contribution is 2.28. The van der Waals surface area contributed by atoms with Crippen LogP contribution in [0.1, 0.15) is 22.5 Å². The number of benzene rings is 3. The fraction of sp³-hybridized carbons (Fsp3) is 0.0741. The molecular weight excluding hydrogens is 434 g/mol. The Morgan fingerprint density at radius 2 is 1.55 bits per heavy atom. The minimum Gasteiger partial charge on any atom is -0.318 e. The van der Waals surface area contributed by atoms with Gasteiger partial charge < -0.3 is 4.57 Å². The van der Waals surface area contributed by atoms with Gasteiger partial charge in [0.1, 0.15) is 0 Å². The van der Waals surface area contributed by atoms with E-state index >= 15 is 0 Å². The zero-order valence-corrected chi connectivity index (χ0v) is 18.9. The molecule has 0 unspecified atom stereocenters. The Balaban J connectivity index is 1.66. The Bertz CT molecular complexity index is 1390. The summed E-state index contributed by atoms with van der Waals surface area (Å²) in [6.07, 6.45) is 1.90. The van der Waals surface area contributed by atoms with Gasteiger partial charge in [0.05, 0.1) is 16.6 Å². The summed E-state index contributed by atoms with van der Waals surface area (Å²) in [5.41, 5.74) is 7.40. The van der Waals surface area contributed by atoms with Crippen LogP contribution in [0, 0.1) is 35.3 Å². The van der Waals surface area contributed by atoms with Gasteiger partial charge in [0.2, 0.25) is 0 Å². The SMILES string of the molecule is Cc1cc(/C=C(/C#N)c2ccc(Cl)cc2)c(C)n1-c1ccc(-c2ccc([N+](=O)[O-])cc2)cc1. The lowest BCUT2D eigenvalue weighted by atomic mass is 10.0. The van der Waals surface area contributed by atoms with E-state index in [-0.39, 0.29) is 5.69 Å². The highest BCUT2D eigenvalue weighted by molar-refractivity contribution is 6.30. The van der Waals surface area contributed by atoms with Crippen LogP contribution in [0.4, 0.5) is 5.69 Å². The van der Waals surface area contributed by atoms with Crippen LogP contribution in [0.5, 0.6) is 0 Å². The van der Waals surface area contributed by atoms with E-state index in [2.05, 4.69) is 16.7 Å². The molecule has 0 radical (unpaired) electrons. The number of nitro groups is 1. The summed E-state index contributed by atoms with van der Waals surface area (Å²) in [7, 11) is 0. The number of aromatic nitrogens is 1. The molecule has 0 bridgehead atoms. The molecule has 1 aromatic heterocycles. The lowest BCUT2D eigenvalue weighted by Gasteiger charge is -2.11. The summed E-state index contributed by atoms with van der Waals surface area (Å²) in [5, 5.41) is 21.2. The quantitative estimate of drug-likeness (QED) is 0.180. The smallest absolute Gasteiger partial charge is 0.269 e. The largest absolute Gasteiger partial charge is 0.318 e. The third-order valence-corrected chi connectivity index (χ3v) is 5.83. The summed E-state index contributed by atoms with van der Waals surface area (Å²) in [4.78, 5) is 10.5. The number of hydrogen-bond donors (Lipinski definition) is 0. The van der Waals surface area contributed by atoms with Crippen molar-refractivity contribution in [2.75, 3.05) is 0 Å². The van der Waals surface area contributed by atoms with Crippen LogP contribution < -0.4 is 0 Å². The predicted octanol–water partition coefficient (Wildman–Crippen LogP) is 7.39. The first kappa shape index (κ1) is 22.1. The van der Waals surface area contributed by atoms with E-state index in [1.54, 1.807) is 24.3 Å². The topological polar surface area (TPSA) is 71.9 Å². The average molecular weight is 454 g/mol. The lowest BCUT2D eigenvalue weighted by molar-refractivity contribution is -0.384. The van der Waals surface area contributed by atoms with Crippen LogP contribution >= 0.6 is 11.6 Å². The first-order valence-corrected chi connectivity index (χ1v) is 10.7. The molecule has 3 aromatic carbocycles. The standard InChI is InChI=1S/C27H20ClN3O2/c1-18-15-23(16-24(17-29)22-3-9-25(28)10-4-22)19(2)30(18)26-11-5-20(6-12-26)21-7-13-27(14-8-21)31(32)33/h3-16H,1-2H3/b24-16-. The number of halogens is 1. The minimum atomic E-state index is -0.402. The highest BCUT2D eigenvalue weighted by atomic mass is 35.5. The molecule has 5 nitrogen and oxygen atoms in total. The zero-order chi connectivity index (χ0) is 23.5. The maximum Gasteiger partial charge on any atom is 0.269 e. The zero-order valence-electron chi connectivity index (χ0n) is 18.1. The van der Waals surface area contributed by atoms with E-state index in [0.29, 0.717) is 10.6 Å². The minimum absolute atomic E-state index is 0.0740. The second-order valence-corrected chi connectivity index (χ2v) is 8.13. The number of non-ortho nitro benzene ring substituents is 1. The summed E-state index contributed by atoms with van der Waals surface area (Å²) >= 11 is 5.97. The van der Waals surface area contributed by atoms with Crippen LogP contribution in [-0.4, -0.2) is 9.49 Å². The van der Waals surface area contributed by atoms with Crippen LogP contribution in [0.3, 0.4) is 0 Å². The third kappa shape index (κ3) is 4.57. The molecule has 0 aliphatic heterocycles. The van der Waals surface area contributed by atoms with Crippen molar-refractivity contribution in [1.82, 2.24) is 4.57 Å². The van der Waals surface area contributed by atoms with Gasteiger partial charge in [0.15, 0.2) is 0 Å². The van der Waals surface area contributed by atoms with Gasteiger partial charge in [-0.3, -0.25) is 10.1 Å². The van der Waals surface area contributed by atoms with Crippen molar-refractivity contribution in [2.45, 2.75) is 13.8 Å². The molecule has 0 saturated heterocycles. The van der Waals surface area contributed by atoms with Crippen molar-refractivity contribution < 1.29 is 4.92 Å². The summed E-state index contributed by atoms with van der Waals surface area (Å²) < 4.78 is 2.14. The fourth-order valence-corrected chi connectivity index (χ4v) is 4.00. The molecule has 6 heteroatoms. The third-order valence-electron chi connectivity index (χ3n) is 5.58. The molecule has 0 aliphatic rings. The maximum absolute atomic E-state index is 10.9. The fourth-order valence-electron chi connectivity index (χ4n) is 3.87. The molecule has 1 heterocycles. The number of allylic oxidation sites excluding steroid dienone is 1. The van der Waals surface area contributed by atoms with E-state index < -0.39 is 4.92 Å². The van der Waals surface area contributed by atoms with Gasteiger partial charge in [-0.1, -0.05) is 35.9 Å². The van der Waals surface area contributed by atoms with Gasteiger partial charge >= 0.3 is 0 Å². The second kappa shape index (κ2) is 9.15. The van der Waals surface area contributed by atoms with Crippen LogP contribution in [0.2, 0.25) is 5.02 Å². The molecule has 0 N–H and O–H groups in total. The summed E-state index contributed by atoms with van der Waals surface area (Å²) in [6.45, 7) is 4.06. The van der Waals surface area contributed by atoms with Gasteiger partial charge in [0.25, 0.3) is 5.69 Å². The number of nitro benzene ring substituents is 1. The monoisotopic (exact) mass is 453 g/mol. The van der Waals surface area contributed by atoms with Gasteiger partial charge in [0, 0.05) is 34.2 Å². The molecule has 0 amide bonds. The first-order valence-electron chi connectivity index (χ1n) is 10.3. The van der Waals surface area contributed by atoms with Crippen molar-refractivity contribution >= 4 is 28.9 Å². The molecule has 0 aliphatic carbocycles. The Labute approximate surface area is 197 Å². The number of hydrogen-bond acceptors (Lipinski definition) is 3. The van der Waals surface area contributed by atoms with Gasteiger partial charge in [-0.2, -0.15) is 5.26 Å². The van der Waals surface area contributed by atoms with Crippen molar-refractivity contribution in [3.63, 3.8) is 0 Å². The molecule has 0 spiro atoms. The van der Waals surface area contributed by atoms with E-state index in [4.69, 9.17) is 11.6 Å². The second-order valence-electron chi connectivity index (χ2n) is 7.69. The molecule has 162 valence electrons. The Morgan fingerprint density at radius 1 is 0.970 bits per heavy atom. The van der Waals surface area contributed by atoms with Crippen molar-refractivity contribution in [3.05, 3.63) is 117 Å². The maximum atomic E-state index is 10.9. The lowest BCUT2D eigenvalue weighted by Crippen LogP contribution is -1.99. The average Bonchev–Trinajstić information content (AvgIpc) is 3.11. The molecule has 0 atom stereocenters. The van der Waals surface area contributed by atoms with Gasteiger partial charge in [-0.15, -0.1) is 0 Å². The number of nitriles is 1. The van der Waals surface area contributed by atoms with Crippen LogP contribution in [0.15, 0.2) is 78.9 Å². The predicted molar refractivity (Wildman–Crippen MR) is 132 cm³/mol. The Kier molecular flexibility index (Phi) is 6.12. The first-order chi connectivity index (χ1) is 15.9. The molecule has 4 aromatic rings. The van der Waals surface area contributed by atoms with E-state index in [0.717, 1.165) is 39.3 Å². The van der Waals surface area contributed by atoms with Crippen LogP contribution in [-0.2, 0) is 0 Å². The van der Waals surface area contributed by atoms with E-state index in [9.17, 15) is 15.4 Å². The summed E-state index contributed by atoms with van der Waals surface area (Å²) in [6, 6.07) is 26.1. The molecule has 0 saturated carbocycles. The Hall–Kier alpha value is -4.14. The van der Waals surface area contributed by atoms with Crippen molar-refractivity contribution in [2.24, 2.45) is 0 Å². The van der Waals surface area contributed by atoms with Crippen LogP contribution in [0.25, 0.3) is 28.5 Å². The molecule has 33 heavy (non-hydrogen) atoms. The van der Waals surface area contributed by atoms with Crippen molar-refractivity contribution in [3.8, 4) is 22.9 Å². The van der Waals surface area contributed by atoms with Crippen molar-refractivity contribution in [1.29, 1.82) is 5.26 Å².